The number of aryl methyl sites for hydroxylation is 1. The zero-order chi connectivity index (χ0) is 15.3. The van der Waals surface area contributed by atoms with Crippen molar-refractivity contribution in [1.29, 1.82) is 0 Å². The lowest BCUT2D eigenvalue weighted by Crippen LogP contribution is -2.41. The second-order valence-electron chi connectivity index (χ2n) is 6.34. The van der Waals surface area contributed by atoms with E-state index in [1.165, 1.54) is 5.56 Å². The molecular formula is C16H26N2O2. The zero-order valence-corrected chi connectivity index (χ0v) is 13.3. The van der Waals surface area contributed by atoms with E-state index in [0.29, 0.717) is 0 Å². The van der Waals surface area contributed by atoms with Crippen LogP contribution in [0.5, 0.6) is 5.75 Å². The maximum absolute atomic E-state index is 11.5. The summed E-state index contributed by atoms with van der Waals surface area (Å²) >= 11 is 0. The van der Waals surface area contributed by atoms with Crippen molar-refractivity contribution in [3.63, 3.8) is 0 Å². The third-order valence-electron chi connectivity index (χ3n) is 2.82. The molecule has 1 aromatic carbocycles. The summed E-state index contributed by atoms with van der Waals surface area (Å²) in [6, 6.07) is 5.99. The van der Waals surface area contributed by atoms with Crippen molar-refractivity contribution in [2.24, 2.45) is 0 Å². The molecule has 0 saturated carbocycles. The molecule has 0 saturated heterocycles. The van der Waals surface area contributed by atoms with Crippen LogP contribution < -0.4 is 15.4 Å². The van der Waals surface area contributed by atoms with E-state index in [-0.39, 0.29) is 24.2 Å². The molecule has 0 spiro atoms. The van der Waals surface area contributed by atoms with Crippen LogP contribution in [0.1, 0.15) is 45.7 Å². The number of nitrogens with one attached hydrogen (secondary N) is 2. The van der Waals surface area contributed by atoms with E-state index >= 15 is 0 Å². The van der Waals surface area contributed by atoms with Gasteiger partial charge in [-0.15, -0.1) is 0 Å². The monoisotopic (exact) mass is 278 g/mol. The van der Waals surface area contributed by atoms with Crippen LogP contribution in [0.15, 0.2) is 18.2 Å². The second-order valence-corrected chi connectivity index (χ2v) is 6.34. The summed E-state index contributed by atoms with van der Waals surface area (Å²) < 4.78 is 5.70. The van der Waals surface area contributed by atoms with Gasteiger partial charge in [-0.25, -0.2) is 4.79 Å². The summed E-state index contributed by atoms with van der Waals surface area (Å²) in [6.07, 6.45) is 0. The van der Waals surface area contributed by atoms with E-state index in [4.69, 9.17) is 4.74 Å². The van der Waals surface area contributed by atoms with E-state index in [9.17, 15) is 4.79 Å². The maximum atomic E-state index is 11.5. The minimum atomic E-state index is -0.218. The molecule has 20 heavy (non-hydrogen) atoms. The van der Waals surface area contributed by atoms with E-state index in [0.717, 1.165) is 11.3 Å². The van der Waals surface area contributed by atoms with E-state index in [1.807, 2.05) is 26.0 Å². The van der Waals surface area contributed by atoms with Crippen molar-refractivity contribution in [2.45, 2.75) is 53.0 Å². The summed E-state index contributed by atoms with van der Waals surface area (Å²) in [7, 11) is 0. The molecule has 0 aliphatic heterocycles. The van der Waals surface area contributed by atoms with Gasteiger partial charge in [0, 0.05) is 6.04 Å². The van der Waals surface area contributed by atoms with Crippen LogP contribution in [-0.2, 0) is 5.41 Å². The van der Waals surface area contributed by atoms with Gasteiger partial charge in [-0.1, -0.05) is 38.5 Å². The largest absolute Gasteiger partial charge is 0.473 e. The highest BCUT2D eigenvalue weighted by Gasteiger charge is 2.19. The molecular weight excluding hydrogens is 252 g/mol. The Morgan fingerprint density at radius 1 is 1.30 bits per heavy atom. The molecule has 2 amide bonds. The van der Waals surface area contributed by atoms with E-state index < -0.39 is 0 Å². The summed E-state index contributed by atoms with van der Waals surface area (Å²) in [5, 5.41) is 5.44. The van der Waals surface area contributed by atoms with Crippen molar-refractivity contribution in [3.8, 4) is 5.75 Å². The quantitative estimate of drug-likeness (QED) is 0.830. The molecule has 0 bridgehead atoms. The molecule has 0 aromatic heterocycles. The smallest absolute Gasteiger partial charge is 0.317 e. The number of carbonyl (C=O) groups is 1. The Morgan fingerprint density at radius 3 is 2.50 bits per heavy atom. The minimum Gasteiger partial charge on any atom is -0.473 e. The van der Waals surface area contributed by atoms with Gasteiger partial charge in [0.25, 0.3) is 0 Å². The lowest BCUT2D eigenvalue weighted by Gasteiger charge is -2.23. The summed E-state index contributed by atoms with van der Waals surface area (Å²) in [4.78, 5) is 11.5. The fourth-order valence-electron chi connectivity index (χ4n) is 1.85. The van der Waals surface area contributed by atoms with E-state index in [1.54, 1.807) is 0 Å². The van der Waals surface area contributed by atoms with Gasteiger partial charge in [-0.05, 0) is 37.8 Å². The van der Waals surface area contributed by atoms with Crippen molar-refractivity contribution in [1.82, 2.24) is 10.6 Å². The Bertz CT molecular complexity index is 462. The Labute approximate surface area is 121 Å². The molecule has 0 radical (unpaired) electrons. The number of benzene rings is 1. The summed E-state index contributed by atoms with van der Waals surface area (Å²) in [6.45, 7) is 12.5. The Hall–Kier alpha value is -1.71. The molecule has 2 N–H and O–H groups in total. The van der Waals surface area contributed by atoms with Crippen LogP contribution in [0.3, 0.4) is 0 Å². The fourth-order valence-corrected chi connectivity index (χ4v) is 1.85. The van der Waals surface area contributed by atoms with Gasteiger partial charge in [0.1, 0.15) is 5.75 Å². The molecule has 0 fully saturated rings. The maximum Gasteiger partial charge on any atom is 0.317 e. The first-order chi connectivity index (χ1) is 9.20. The van der Waals surface area contributed by atoms with Crippen molar-refractivity contribution in [2.75, 3.05) is 6.73 Å². The molecule has 0 aliphatic rings. The fraction of sp³-hybridized carbons (Fsp3) is 0.562. The molecule has 0 heterocycles. The standard InChI is InChI=1S/C16H26N2O2/c1-11(2)18-15(19)17-10-20-14-8-7-12(3)9-13(14)16(4,5)6/h7-9,11H,10H2,1-6H3,(H2,17,18,19). The predicted octanol–water partition coefficient (Wildman–Crippen LogP) is 3.34. The van der Waals surface area contributed by atoms with Crippen LogP contribution in [0, 0.1) is 6.92 Å². The van der Waals surface area contributed by atoms with Gasteiger partial charge in [-0.2, -0.15) is 0 Å². The lowest BCUT2D eigenvalue weighted by atomic mass is 9.85. The van der Waals surface area contributed by atoms with E-state index in [2.05, 4.69) is 44.4 Å². The third-order valence-corrected chi connectivity index (χ3v) is 2.82. The molecule has 4 heteroatoms. The topological polar surface area (TPSA) is 50.4 Å². The number of hydrogen-bond donors (Lipinski definition) is 2. The molecule has 0 atom stereocenters. The van der Waals surface area contributed by atoms with Crippen LogP contribution in [0.2, 0.25) is 0 Å². The van der Waals surface area contributed by atoms with Crippen molar-refractivity contribution < 1.29 is 9.53 Å². The SMILES string of the molecule is Cc1ccc(OCNC(=O)NC(C)C)c(C(C)(C)C)c1. The second kappa shape index (κ2) is 6.64. The number of urea groups is 1. The first-order valence-electron chi connectivity index (χ1n) is 6.98. The molecule has 1 rings (SSSR count). The van der Waals surface area contributed by atoms with Crippen LogP contribution in [0.4, 0.5) is 4.79 Å². The van der Waals surface area contributed by atoms with Crippen LogP contribution in [-0.4, -0.2) is 18.8 Å². The zero-order valence-electron chi connectivity index (χ0n) is 13.3. The number of ether oxygens (including phenoxy) is 1. The highest BCUT2D eigenvalue weighted by Crippen LogP contribution is 2.31. The molecule has 0 aliphatic carbocycles. The minimum absolute atomic E-state index is 0.00153. The predicted molar refractivity (Wildman–Crippen MR) is 82.2 cm³/mol. The number of carbonyl (C=O) groups excluding carboxylic acids is 1. The van der Waals surface area contributed by atoms with Gasteiger partial charge < -0.3 is 15.4 Å². The highest BCUT2D eigenvalue weighted by molar-refractivity contribution is 5.73. The lowest BCUT2D eigenvalue weighted by molar-refractivity contribution is 0.221. The van der Waals surface area contributed by atoms with Gasteiger partial charge in [0.05, 0.1) is 0 Å². The molecule has 112 valence electrons. The van der Waals surface area contributed by atoms with Crippen molar-refractivity contribution in [3.05, 3.63) is 29.3 Å². The number of rotatable bonds is 4. The Balaban J connectivity index is 2.67. The average Bonchev–Trinajstić information content (AvgIpc) is 2.28. The van der Waals surface area contributed by atoms with Gasteiger partial charge in [0.2, 0.25) is 0 Å². The highest BCUT2D eigenvalue weighted by atomic mass is 16.5. The summed E-state index contributed by atoms with van der Waals surface area (Å²) in [5.41, 5.74) is 2.35. The molecule has 4 nitrogen and oxygen atoms in total. The first kappa shape index (κ1) is 16.3. The number of amides is 2. The van der Waals surface area contributed by atoms with Crippen molar-refractivity contribution >= 4 is 6.03 Å². The van der Waals surface area contributed by atoms with Gasteiger partial charge >= 0.3 is 6.03 Å². The van der Waals surface area contributed by atoms with Gasteiger partial charge in [-0.3, -0.25) is 0 Å². The molecule has 0 unspecified atom stereocenters. The van der Waals surface area contributed by atoms with Gasteiger partial charge in [0.15, 0.2) is 6.73 Å². The Kier molecular flexibility index (Phi) is 5.43. The Morgan fingerprint density at radius 2 is 1.95 bits per heavy atom. The van der Waals surface area contributed by atoms with Crippen LogP contribution >= 0.6 is 0 Å². The number of hydrogen-bond acceptors (Lipinski definition) is 2. The normalized spacial score (nSPS) is 11.3. The average molecular weight is 278 g/mol. The van der Waals surface area contributed by atoms with Crippen LogP contribution in [0.25, 0.3) is 0 Å². The first-order valence-corrected chi connectivity index (χ1v) is 6.98. The third kappa shape index (κ3) is 5.11. The molecule has 1 aromatic rings. The summed E-state index contributed by atoms with van der Waals surface area (Å²) in [5.74, 6) is 0.813.